The summed E-state index contributed by atoms with van der Waals surface area (Å²) in [7, 11) is 1.66. The van der Waals surface area contributed by atoms with Gasteiger partial charge in [0.25, 0.3) is 0 Å². The Bertz CT molecular complexity index is 506. The number of ether oxygens (including phenoxy) is 1. The van der Waals surface area contributed by atoms with E-state index in [1.807, 2.05) is 42.5 Å². The summed E-state index contributed by atoms with van der Waals surface area (Å²) in [5.41, 5.74) is 3.03. The third-order valence-corrected chi connectivity index (χ3v) is 2.39. The zero-order chi connectivity index (χ0) is 11.4. The quantitative estimate of drug-likeness (QED) is 0.776. The Labute approximate surface area is 95.2 Å². The van der Waals surface area contributed by atoms with E-state index < -0.39 is 0 Å². The topological polar surface area (TPSA) is 22.1 Å². The van der Waals surface area contributed by atoms with Crippen LogP contribution in [0, 0.1) is 0 Å². The minimum absolute atomic E-state index is 0.836. The minimum Gasteiger partial charge on any atom is -0.497 e. The van der Waals surface area contributed by atoms with Crippen molar-refractivity contribution in [3.63, 3.8) is 0 Å². The van der Waals surface area contributed by atoms with E-state index in [1.165, 1.54) is 0 Å². The molecule has 0 radical (unpaired) electrons. The van der Waals surface area contributed by atoms with Crippen molar-refractivity contribution in [1.82, 2.24) is 4.98 Å². The van der Waals surface area contributed by atoms with Crippen molar-refractivity contribution >= 4 is 6.08 Å². The molecule has 0 aliphatic carbocycles. The fourth-order valence-electron chi connectivity index (χ4n) is 1.51. The molecule has 2 nitrogen and oxygen atoms in total. The first kappa shape index (κ1) is 10.4. The number of hydrogen-bond donors (Lipinski definition) is 0. The smallest absolute Gasteiger partial charge is 0.119 e. The number of methoxy groups -OCH3 is 1. The Morgan fingerprint density at radius 2 is 2.12 bits per heavy atom. The van der Waals surface area contributed by atoms with Gasteiger partial charge in [-0.15, -0.1) is 0 Å². The van der Waals surface area contributed by atoms with Gasteiger partial charge in [0.1, 0.15) is 5.75 Å². The maximum absolute atomic E-state index is 5.18. The highest BCUT2D eigenvalue weighted by Gasteiger charge is 2.00. The second kappa shape index (κ2) is 4.62. The van der Waals surface area contributed by atoms with Crippen molar-refractivity contribution in [2.24, 2.45) is 0 Å². The van der Waals surface area contributed by atoms with Gasteiger partial charge in [0.2, 0.25) is 0 Å². The van der Waals surface area contributed by atoms with Crippen molar-refractivity contribution in [3.8, 4) is 17.0 Å². The van der Waals surface area contributed by atoms with Gasteiger partial charge in [-0.2, -0.15) is 0 Å². The first-order chi connectivity index (χ1) is 7.83. The van der Waals surface area contributed by atoms with Crippen LogP contribution in [0.3, 0.4) is 0 Å². The molecule has 80 valence electrons. The van der Waals surface area contributed by atoms with E-state index in [0.29, 0.717) is 0 Å². The molecule has 0 saturated heterocycles. The van der Waals surface area contributed by atoms with E-state index in [4.69, 9.17) is 4.74 Å². The standard InChI is InChI=1S/C14H13NO/c1-3-11-7-8-15-14(9-11)12-5-4-6-13(10-12)16-2/h3-10H,1H2,2H3. The molecular weight excluding hydrogens is 198 g/mol. The van der Waals surface area contributed by atoms with Gasteiger partial charge in [0.15, 0.2) is 0 Å². The number of pyridine rings is 1. The summed E-state index contributed by atoms with van der Waals surface area (Å²) in [5, 5.41) is 0. The minimum atomic E-state index is 0.836. The van der Waals surface area contributed by atoms with Crippen molar-refractivity contribution in [3.05, 3.63) is 54.7 Å². The SMILES string of the molecule is C=Cc1ccnc(-c2cccc(OC)c2)c1. The summed E-state index contributed by atoms with van der Waals surface area (Å²) in [6, 6.07) is 11.8. The molecule has 0 aliphatic heterocycles. The zero-order valence-electron chi connectivity index (χ0n) is 9.18. The monoisotopic (exact) mass is 211 g/mol. The third kappa shape index (κ3) is 2.11. The largest absolute Gasteiger partial charge is 0.497 e. The molecule has 0 unspecified atom stereocenters. The summed E-state index contributed by atoms with van der Waals surface area (Å²) in [6.45, 7) is 3.75. The molecule has 1 aromatic heterocycles. The lowest BCUT2D eigenvalue weighted by Crippen LogP contribution is -1.86. The third-order valence-electron chi connectivity index (χ3n) is 2.39. The number of hydrogen-bond acceptors (Lipinski definition) is 2. The van der Waals surface area contributed by atoms with Gasteiger partial charge < -0.3 is 4.74 Å². The van der Waals surface area contributed by atoms with E-state index in [-0.39, 0.29) is 0 Å². The van der Waals surface area contributed by atoms with E-state index >= 15 is 0 Å². The van der Waals surface area contributed by atoms with Crippen LogP contribution >= 0.6 is 0 Å². The van der Waals surface area contributed by atoms with Crippen LogP contribution in [0.2, 0.25) is 0 Å². The van der Waals surface area contributed by atoms with Crippen LogP contribution in [-0.4, -0.2) is 12.1 Å². The molecule has 0 fully saturated rings. The normalized spacial score (nSPS) is 9.81. The van der Waals surface area contributed by atoms with Crippen molar-refractivity contribution in [1.29, 1.82) is 0 Å². The second-order valence-corrected chi connectivity index (χ2v) is 3.41. The van der Waals surface area contributed by atoms with Gasteiger partial charge in [-0.25, -0.2) is 0 Å². The molecule has 2 aromatic rings. The van der Waals surface area contributed by atoms with Gasteiger partial charge in [-0.3, -0.25) is 4.98 Å². The molecule has 0 N–H and O–H groups in total. The van der Waals surface area contributed by atoms with Crippen LogP contribution in [0.1, 0.15) is 5.56 Å². The van der Waals surface area contributed by atoms with Gasteiger partial charge in [0.05, 0.1) is 12.8 Å². The maximum Gasteiger partial charge on any atom is 0.119 e. The summed E-state index contributed by atoms with van der Waals surface area (Å²) in [4.78, 5) is 4.33. The molecule has 1 aromatic carbocycles. The molecule has 16 heavy (non-hydrogen) atoms. The van der Waals surface area contributed by atoms with Crippen LogP contribution in [-0.2, 0) is 0 Å². The van der Waals surface area contributed by atoms with Gasteiger partial charge >= 0.3 is 0 Å². The number of rotatable bonds is 3. The first-order valence-electron chi connectivity index (χ1n) is 5.06. The van der Waals surface area contributed by atoms with Crippen molar-refractivity contribution in [2.75, 3.05) is 7.11 Å². The van der Waals surface area contributed by atoms with Crippen LogP contribution < -0.4 is 4.74 Å². The predicted molar refractivity (Wildman–Crippen MR) is 66.3 cm³/mol. The summed E-state index contributed by atoms with van der Waals surface area (Å²) >= 11 is 0. The number of nitrogens with zero attached hydrogens (tertiary/aromatic N) is 1. The molecule has 2 heteroatoms. The van der Waals surface area contributed by atoms with Gasteiger partial charge in [0, 0.05) is 11.8 Å². The fourth-order valence-corrected chi connectivity index (χ4v) is 1.51. The van der Waals surface area contributed by atoms with Crippen molar-refractivity contribution < 1.29 is 4.74 Å². The van der Waals surface area contributed by atoms with Gasteiger partial charge in [-0.05, 0) is 29.8 Å². The highest BCUT2D eigenvalue weighted by atomic mass is 16.5. The molecule has 0 atom stereocenters. The summed E-state index contributed by atoms with van der Waals surface area (Å²) in [6.07, 6.45) is 3.59. The Kier molecular flexibility index (Phi) is 3.01. The van der Waals surface area contributed by atoms with E-state index in [9.17, 15) is 0 Å². The predicted octanol–water partition coefficient (Wildman–Crippen LogP) is 3.40. The Morgan fingerprint density at radius 1 is 1.25 bits per heavy atom. The molecule has 1 heterocycles. The summed E-state index contributed by atoms with van der Waals surface area (Å²) in [5.74, 6) is 0.836. The average Bonchev–Trinajstić information content (AvgIpc) is 2.39. The zero-order valence-corrected chi connectivity index (χ0v) is 9.18. The maximum atomic E-state index is 5.18. The van der Waals surface area contributed by atoms with E-state index in [1.54, 1.807) is 13.3 Å². The van der Waals surface area contributed by atoms with Crippen LogP contribution in [0.25, 0.3) is 17.3 Å². The molecule has 0 bridgehead atoms. The number of benzene rings is 1. The molecule has 0 amide bonds. The van der Waals surface area contributed by atoms with E-state index in [2.05, 4.69) is 11.6 Å². The number of aromatic nitrogens is 1. The molecular formula is C14H13NO. The lowest BCUT2D eigenvalue weighted by molar-refractivity contribution is 0.415. The lowest BCUT2D eigenvalue weighted by Gasteiger charge is -2.04. The highest BCUT2D eigenvalue weighted by molar-refractivity contribution is 5.64. The van der Waals surface area contributed by atoms with Crippen LogP contribution in [0.15, 0.2) is 49.2 Å². The Balaban J connectivity index is 2.45. The van der Waals surface area contributed by atoms with E-state index in [0.717, 1.165) is 22.6 Å². The van der Waals surface area contributed by atoms with Crippen molar-refractivity contribution in [2.45, 2.75) is 0 Å². The van der Waals surface area contributed by atoms with Crippen LogP contribution in [0.5, 0.6) is 5.75 Å². The van der Waals surface area contributed by atoms with Crippen LogP contribution in [0.4, 0.5) is 0 Å². The van der Waals surface area contributed by atoms with Gasteiger partial charge in [-0.1, -0.05) is 24.8 Å². The Morgan fingerprint density at radius 3 is 2.88 bits per heavy atom. The molecule has 0 saturated carbocycles. The molecule has 0 aliphatic rings. The first-order valence-corrected chi connectivity index (χ1v) is 5.06. The fraction of sp³-hybridized carbons (Fsp3) is 0.0714. The highest BCUT2D eigenvalue weighted by Crippen LogP contribution is 2.22. The summed E-state index contributed by atoms with van der Waals surface area (Å²) < 4.78 is 5.18. The second-order valence-electron chi connectivity index (χ2n) is 3.41. The molecule has 2 rings (SSSR count). The molecule has 0 spiro atoms. The lowest BCUT2D eigenvalue weighted by atomic mass is 10.1. The average molecular weight is 211 g/mol. The Hall–Kier alpha value is -2.09.